The van der Waals surface area contributed by atoms with Gasteiger partial charge in [0, 0.05) is 16.8 Å². The van der Waals surface area contributed by atoms with E-state index in [9.17, 15) is 4.79 Å². The highest BCUT2D eigenvalue weighted by Crippen LogP contribution is 2.23. The van der Waals surface area contributed by atoms with Crippen molar-refractivity contribution in [3.05, 3.63) is 77.6 Å². The number of carbonyl (C=O) groups is 1. The number of hydrogen-bond donors (Lipinski definition) is 1. The fourth-order valence-corrected chi connectivity index (χ4v) is 2.08. The fourth-order valence-electron chi connectivity index (χ4n) is 2.08. The van der Waals surface area contributed by atoms with Crippen LogP contribution >= 0.6 is 0 Å². The van der Waals surface area contributed by atoms with Gasteiger partial charge in [0.05, 0.1) is 17.6 Å². The van der Waals surface area contributed by atoms with Crippen LogP contribution in [0.4, 0.5) is 5.69 Å². The second kappa shape index (κ2) is 4.90. The van der Waals surface area contributed by atoms with E-state index in [0.717, 1.165) is 28.8 Å². The summed E-state index contributed by atoms with van der Waals surface area (Å²) in [5, 5.41) is 3.09. The SMILES string of the molecule is O=CC1=CN=C(c2ccccc2)c2ccccc2N1. The van der Waals surface area contributed by atoms with Crippen molar-refractivity contribution in [2.75, 3.05) is 5.32 Å². The van der Waals surface area contributed by atoms with E-state index in [4.69, 9.17) is 0 Å². The lowest BCUT2D eigenvalue weighted by Crippen LogP contribution is -2.06. The minimum Gasteiger partial charge on any atom is -0.351 e. The Bertz CT molecular complexity index is 672. The van der Waals surface area contributed by atoms with Crippen molar-refractivity contribution in [2.24, 2.45) is 4.99 Å². The lowest BCUT2D eigenvalue weighted by Gasteiger charge is -2.10. The van der Waals surface area contributed by atoms with Gasteiger partial charge < -0.3 is 5.32 Å². The maximum atomic E-state index is 11.0. The Morgan fingerprint density at radius 1 is 0.947 bits per heavy atom. The van der Waals surface area contributed by atoms with Gasteiger partial charge >= 0.3 is 0 Å². The van der Waals surface area contributed by atoms with Crippen LogP contribution < -0.4 is 5.32 Å². The molecule has 0 amide bonds. The summed E-state index contributed by atoms with van der Waals surface area (Å²) in [6.45, 7) is 0. The third-order valence-electron chi connectivity index (χ3n) is 2.97. The predicted octanol–water partition coefficient (Wildman–Crippen LogP) is 2.99. The van der Waals surface area contributed by atoms with E-state index >= 15 is 0 Å². The summed E-state index contributed by atoms with van der Waals surface area (Å²) in [4.78, 5) is 15.4. The molecule has 0 aliphatic carbocycles. The molecule has 3 rings (SSSR count). The van der Waals surface area contributed by atoms with Crippen molar-refractivity contribution in [1.82, 2.24) is 0 Å². The first-order chi connectivity index (χ1) is 9.38. The van der Waals surface area contributed by atoms with Gasteiger partial charge in [0.15, 0.2) is 6.29 Å². The van der Waals surface area contributed by atoms with Crippen molar-refractivity contribution in [3.63, 3.8) is 0 Å². The average molecular weight is 248 g/mol. The van der Waals surface area contributed by atoms with Crippen LogP contribution in [0, 0.1) is 0 Å². The van der Waals surface area contributed by atoms with Crippen molar-refractivity contribution in [2.45, 2.75) is 0 Å². The molecule has 0 fully saturated rings. The van der Waals surface area contributed by atoms with E-state index in [2.05, 4.69) is 10.3 Å². The van der Waals surface area contributed by atoms with Crippen LogP contribution in [-0.2, 0) is 4.79 Å². The number of fused-ring (bicyclic) bond motifs is 1. The Morgan fingerprint density at radius 3 is 2.47 bits per heavy atom. The summed E-state index contributed by atoms with van der Waals surface area (Å²) in [6.07, 6.45) is 2.34. The van der Waals surface area contributed by atoms with Gasteiger partial charge in [-0.05, 0) is 6.07 Å². The number of hydrogen-bond acceptors (Lipinski definition) is 3. The van der Waals surface area contributed by atoms with E-state index in [1.165, 1.54) is 0 Å². The molecule has 1 heterocycles. The number of nitrogens with one attached hydrogen (secondary N) is 1. The maximum absolute atomic E-state index is 11.0. The molecule has 0 radical (unpaired) electrons. The summed E-state index contributed by atoms with van der Waals surface area (Å²) in [5.41, 5.74) is 4.22. The normalized spacial score (nSPS) is 13.5. The third-order valence-corrected chi connectivity index (χ3v) is 2.97. The molecule has 3 nitrogen and oxygen atoms in total. The van der Waals surface area contributed by atoms with Crippen molar-refractivity contribution in [1.29, 1.82) is 0 Å². The van der Waals surface area contributed by atoms with Gasteiger partial charge in [0.1, 0.15) is 0 Å². The Kier molecular flexibility index (Phi) is 2.94. The molecule has 1 N–H and O–H groups in total. The Morgan fingerprint density at radius 2 is 1.68 bits per heavy atom. The van der Waals surface area contributed by atoms with E-state index in [1.807, 2.05) is 54.6 Å². The molecule has 0 spiro atoms. The molecule has 0 aromatic heterocycles. The molecular formula is C16H12N2O. The van der Waals surface area contributed by atoms with E-state index < -0.39 is 0 Å². The topological polar surface area (TPSA) is 41.5 Å². The molecule has 3 heteroatoms. The molecule has 0 unspecified atom stereocenters. The number of para-hydroxylation sites is 1. The molecule has 19 heavy (non-hydrogen) atoms. The lowest BCUT2D eigenvalue weighted by atomic mass is 10.0. The maximum Gasteiger partial charge on any atom is 0.167 e. The molecule has 2 aromatic carbocycles. The zero-order valence-corrected chi connectivity index (χ0v) is 10.2. The number of aldehydes is 1. The minimum atomic E-state index is 0.457. The van der Waals surface area contributed by atoms with Gasteiger partial charge in [-0.2, -0.15) is 0 Å². The predicted molar refractivity (Wildman–Crippen MR) is 76.3 cm³/mol. The van der Waals surface area contributed by atoms with Gasteiger partial charge in [-0.3, -0.25) is 9.79 Å². The monoisotopic (exact) mass is 248 g/mol. The van der Waals surface area contributed by atoms with Gasteiger partial charge in [-0.15, -0.1) is 0 Å². The van der Waals surface area contributed by atoms with Crippen LogP contribution in [0.1, 0.15) is 11.1 Å². The second-order valence-electron chi connectivity index (χ2n) is 4.22. The third kappa shape index (κ3) is 2.18. The number of rotatable bonds is 2. The highest BCUT2D eigenvalue weighted by atomic mass is 16.1. The zero-order chi connectivity index (χ0) is 13.1. The molecule has 0 bridgehead atoms. The molecule has 1 aliphatic rings. The first-order valence-corrected chi connectivity index (χ1v) is 6.03. The summed E-state index contributed by atoms with van der Waals surface area (Å²) in [7, 11) is 0. The van der Waals surface area contributed by atoms with Crippen LogP contribution in [0.2, 0.25) is 0 Å². The number of benzene rings is 2. The van der Waals surface area contributed by atoms with E-state index in [-0.39, 0.29) is 0 Å². The first-order valence-electron chi connectivity index (χ1n) is 6.03. The largest absolute Gasteiger partial charge is 0.351 e. The molecule has 0 saturated carbocycles. The molecule has 1 aliphatic heterocycles. The number of anilines is 1. The van der Waals surface area contributed by atoms with Crippen LogP contribution in [0.5, 0.6) is 0 Å². The molecule has 2 aromatic rings. The quantitative estimate of drug-likeness (QED) is 0.830. The highest BCUT2D eigenvalue weighted by Gasteiger charge is 2.14. The summed E-state index contributed by atoms with van der Waals surface area (Å²) in [5.74, 6) is 0. The lowest BCUT2D eigenvalue weighted by molar-refractivity contribution is -0.104. The van der Waals surface area contributed by atoms with Gasteiger partial charge in [0.25, 0.3) is 0 Å². The van der Waals surface area contributed by atoms with Crippen molar-refractivity contribution in [3.8, 4) is 0 Å². The van der Waals surface area contributed by atoms with Crippen LogP contribution in [0.25, 0.3) is 0 Å². The molecular weight excluding hydrogens is 236 g/mol. The average Bonchev–Trinajstić information content (AvgIpc) is 2.67. The highest BCUT2D eigenvalue weighted by molar-refractivity contribution is 6.17. The molecule has 0 saturated heterocycles. The number of nitrogens with zero attached hydrogens (tertiary/aromatic N) is 1. The van der Waals surface area contributed by atoms with Gasteiger partial charge in [-0.25, -0.2) is 0 Å². The Hall–Kier alpha value is -2.68. The van der Waals surface area contributed by atoms with Crippen LogP contribution in [-0.4, -0.2) is 12.0 Å². The van der Waals surface area contributed by atoms with E-state index in [0.29, 0.717) is 5.70 Å². The Balaban J connectivity index is 2.19. The summed E-state index contributed by atoms with van der Waals surface area (Å²) in [6, 6.07) is 17.8. The molecule has 92 valence electrons. The Labute approximate surface area is 111 Å². The second-order valence-corrected chi connectivity index (χ2v) is 4.22. The summed E-state index contributed by atoms with van der Waals surface area (Å²) < 4.78 is 0. The zero-order valence-electron chi connectivity index (χ0n) is 10.2. The number of carbonyl (C=O) groups excluding carboxylic acids is 1. The molecule has 0 atom stereocenters. The van der Waals surface area contributed by atoms with Crippen LogP contribution in [0.15, 0.2) is 71.5 Å². The smallest absolute Gasteiger partial charge is 0.167 e. The first kappa shape index (κ1) is 11.4. The standard InChI is InChI=1S/C16H12N2O/c19-11-13-10-17-16(12-6-2-1-3-7-12)14-8-4-5-9-15(14)18-13/h1-11,18H. The number of aliphatic imine (C=N–C) groups is 1. The fraction of sp³-hybridized carbons (Fsp3) is 0. The van der Waals surface area contributed by atoms with Crippen molar-refractivity contribution < 1.29 is 4.79 Å². The minimum absolute atomic E-state index is 0.457. The summed E-state index contributed by atoms with van der Waals surface area (Å²) >= 11 is 0. The number of allylic oxidation sites excluding steroid dienone is 1. The van der Waals surface area contributed by atoms with Gasteiger partial charge in [-0.1, -0.05) is 48.5 Å². The van der Waals surface area contributed by atoms with E-state index in [1.54, 1.807) is 6.20 Å². The van der Waals surface area contributed by atoms with Crippen LogP contribution in [0.3, 0.4) is 0 Å². The van der Waals surface area contributed by atoms with Crippen molar-refractivity contribution >= 4 is 17.7 Å². The van der Waals surface area contributed by atoms with Gasteiger partial charge in [0.2, 0.25) is 0 Å².